The van der Waals surface area contributed by atoms with Gasteiger partial charge >= 0.3 is 0 Å². The molecule has 1 N–H and O–H groups in total. The third-order valence-corrected chi connectivity index (χ3v) is 5.25. The van der Waals surface area contributed by atoms with Gasteiger partial charge in [0.1, 0.15) is 5.03 Å². The van der Waals surface area contributed by atoms with Crippen LogP contribution in [0.3, 0.4) is 0 Å². The zero-order chi connectivity index (χ0) is 12.8. The zero-order valence-electron chi connectivity index (χ0n) is 10.1. The fourth-order valence-electron chi connectivity index (χ4n) is 1.50. The maximum absolute atomic E-state index is 4.37. The lowest BCUT2D eigenvalue weighted by Crippen LogP contribution is -2.21. The van der Waals surface area contributed by atoms with Crippen molar-refractivity contribution in [3.05, 3.63) is 45.2 Å². The van der Waals surface area contributed by atoms with E-state index in [4.69, 9.17) is 0 Å². The Morgan fingerprint density at radius 1 is 1.44 bits per heavy atom. The molecule has 0 aliphatic rings. The van der Waals surface area contributed by atoms with E-state index in [1.54, 1.807) is 23.1 Å². The van der Waals surface area contributed by atoms with E-state index in [9.17, 15) is 0 Å². The molecule has 0 saturated heterocycles. The summed E-state index contributed by atoms with van der Waals surface area (Å²) in [5, 5.41) is 7.14. The second-order valence-corrected chi connectivity index (χ2v) is 7.24. The van der Waals surface area contributed by atoms with Crippen LogP contribution in [-0.4, -0.2) is 16.8 Å². The lowest BCUT2D eigenvalue weighted by molar-refractivity contribution is 0.690. The molecule has 0 aliphatic carbocycles. The van der Waals surface area contributed by atoms with Gasteiger partial charge in [0, 0.05) is 33.9 Å². The molecular formula is C13H15BrN2S2. The lowest BCUT2D eigenvalue weighted by Gasteiger charge is -2.12. The van der Waals surface area contributed by atoms with Crippen molar-refractivity contribution in [2.45, 2.75) is 23.7 Å². The summed E-state index contributed by atoms with van der Waals surface area (Å²) in [6.07, 6.45) is 1.83. The summed E-state index contributed by atoms with van der Waals surface area (Å²) in [6.45, 7) is 4.14. The standard InChI is InChI=1S/C13H15BrN2S2/c1-10(8-15-9-11-4-3-7-17-11)18-13-12(14)5-2-6-16-13/h2-7,10,15H,8-9H2,1H3. The predicted molar refractivity (Wildman–Crippen MR) is 83.3 cm³/mol. The van der Waals surface area contributed by atoms with E-state index < -0.39 is 0 Å². The molecule has 0 aliphatic heterocycles. The number of thiophene rings is 1. The van der Waals surface area contributed by atoms with Gasteiger partial charge in [-0.1, -0.05) is 13.0 Å². The quantitative estimate of drug-likeness (QED) is 0.797. The van der Waals surface area contributed by atoms with Crippen molar-refractivity contribution in [3.8, 4) is 0 Å². The Morgan fingerprint density at radius 3 is 3.06 bits per heavy atom. The summed E-state index contributed by atoms with van der Waals surface area (Å²) in [4.78, 5) is 5.75. The van der Waals surface area contributed by atoms with Gasteiger partial charge in [-0.2, -0.15) is 0 Å². The zero-order valence-corrected chi connectivity index (χ0v) is 13.3. The summed E-state index contributed by atoms with van der Waals surface area (Å²) >= 11 is 7.10. The lowest BCUT2D eigenvalue weighted by atomic mass is 10.4. The number of thioether (sulfide) groups is 1. The number of halogens is 1. The number of rotatable bonds is 6. The van der Waals surface area contributed by atoms with E-state index in [1.165, 1.54) is 4.88 Å². The summed E-state index contributed by atoms with van der Waals surface area (Å²) in [6, 6.07) is 8.21. The molecule has 2 aromatic rings. The maximum atomic E-state index is 4.37. The Hall–Kier alpha value is -0.360. The topological polar surface area (TPSA) is 24.9 Å². The van der Waals surface area contributed by atoms with Gasteiger partial charge in [0.05, 0.1) is 0 Å². The number of hydrogen-bond donors (Lipinski definition) is 1. The van der Waals surface area contributed by atoms with Crippen LogP contribution < -0.4 is 5.32 Å². The normalized spacial score (nSPS) is 12.6. The predicted octanol–water partition coefficient (Wildman–Crippen LogP) is 4.18. The van der Waals surface area contributed by atoms with Gasteiger partial charge in [0.15, 0.2) is 0 Å². The monoisotopic (exact) mass is 342 g/mol. The highest BCUT2D eigenvalue weighted by Gasteiger charge is 2.08. The second kappa shape index (κ2) is 7.28. The molecule has 0 bridgehead atoms. The first-order valence-electron chi connectivity index (χ1n) is 5.76. The SMILES string of the molecule is CC(CNCc1cccs1)Sc1ncccc1Br. The minimum atomic E-state index is 0.496. The summed E-state index contributed by atoms with van der Waals surface area (Å²) in [5.41, 5.74) is 0. The molecule has 0 saturated carbocycles. The molecule has 2 rings (SSSR count). The number of nitrogens with zero attached hydrogens (tertiary/aromatic N) is 1. The van der Waals surface area contributed by atoms with E-state index in [0.717, 1.165) is 22.6 Å². The van der Waals surface area contributed by atoms with Crippen LogP contribution in [0.25, 0.3) is 0 Å². The summed E-state index contributed by atoms with van der Waals surface area (Å²) in [7, 11) is 0. The van der Waals surface area contributed by atoms with Crippen molar-refractivity contribution in [2.24, 2.45) is 0 Å². The largest absolute Gasteiger partial charge is 0.311 e. The average Bonchev–Trinajstić information content (AvgIpc) is 2.85. The van der Waals surface area contributed by atoms with Gasteiger partial charge in [0.2, 0.25) is 0 Å². The van der Waals surface area contributed by atoms with Gasteiger partial charge in [-0.15, -0.1) is 23.1 Å². The molecule has 0 amide bonds. The van der Waals surface area contributed by atoms with Gasteiger partial charge < -0.3 is 5.32 Å². The van der Waals surface area contributed by atoms with Crippen LogP contribution in [-0.2, 0) is 6.54 Å². The summed E-state index contributed by atoms with van der Waals surface area (Å²) < 4.78 is 1.07. The Kier molecular flexibility index (Phi) is 5.69. The maximum Gasteiger partial charge on any atom is 0.110 e. The molecule has 96 valence electrons. The van der Waals surface area contributed by atoms with Crippen LogP contribution >= 0.6 is 39.0 Å². The molecule has 1 unspecified atom stereocenters. The highest BCUT2D eigenvalue weighted by atomic mass is 79.9. The first-order valence-corrected chi connectivity index (χ1v) is 8.31. The van der Waals surface area contributed by atoms with Crippen LogP contribution in [0.15, 0.2) is 45.3 Å². The highest BCUT2D eigenvalue weighted by Crippen LogP contribution is 2.27. The molecular weight excluding hydrogens is 328 g/mol. The van der Waals surface area contributed by atoms with E-state index in [-0.39, 0.29) is 0 Å². The minimum Gasteiger partial charge on any atom is -0.311 e. The van der Waals surface area contributed by atoms with Gasteiger partial charge in [-0.3, -0.25) is 0 Å². The number of pyridine rings is 1. The first-order chi connectivity index (χ1) is 8.75. The second-order valence-electron chi connectivity index (χ2n) is 3.93. The smallest absolute Gasteiger partial charge is 0.110 e. The molecule has 0 fully saturated rings. The third-order valence-electron chi connectivity index (χ3n) is 2.35. The van der Waals surface area contributed by atoms with Crippen LogP contribution in [0.4, 0.5) is 0 Å². The van der Waals surface area contributed by atoms with Crippen LogP contribution in [0.2, 0.25) is 0 Å². The van der Waals surface area contributed by atoms with Crippen molar-refractivity contribution in [2.75, 3.05) is 6.54 Å². The van der Waals surface area contributed by atoms with Gasteiger partial charge in [-0.05, 0) is 39.5 Å². The molecule has 0 aromatic carbocycles. The fraction of sp³-hybridized carbons (Fsp3) is 0.308. The van der Waals surface area contributed by atoms with E-state index in [1.807, 2.05) is 18.3 Å². The fourth-order valence-corrected chi connectivity index (χ4v) is 3.60. The molecule has 2 heterocycles. The Bertz CT molecular complexity index is 474. The molecule has 0 radical (unpaired) electrons. The van der Waals surface area contributed by atoms with Crippen LogP contribution in [0, 0.1) is 0 Å². The van der Waals surface area contributed by atoms with Crippen molar-refractivity contribution in [1.29, 1.82) is 0 Å². The Morgan fingerprint density at radius 2 is 2.33 bits per heavy atom. The van der Waals surface area contributed by atoms with Gasteiger partial charge in [-0.25, -0.2) is 4.98 Å². The molecule has 5 heteroatoms. The highest BCUT2D eigenvalue weighted by molar-refractivity contribution is 9.10. The molecule has 2 nitrogen and oxygen atoms in total. The third kappa shape index (κ3) is 4.39. The molecule has 1 atom stereocenters. The minimum absolute atomic E-state index is 0.496. The van der Waals surface area contributed by atoms with Crippen molar-refractivity contribution < 1.29 is 0 Å². The molecule has 0 spiro atoms. The first kappa shape index (κ1) is 14.1. The van der Waals surface area contributed by atoms with Crippen LogP contribution in [0.1, 0.15) is 11.8 Å². The van der Waals surface area contributed by atoms with E-state index in [2.05, 4.69) is 50.7 Å². The number of hydrogen-bond acceptors (Lipinski definition) is 4. The Balaban J connectivity index is 1.75. The molecule has 2 aromatic heterocycles. The van der Waals surface area contributed by atoms with Crippen molar-refractivity contribution >= 4 is 39.0 Å². The van der Waals surface area contributed by atoms with Gasteiger partial charge in [0.25, 0.3) is 0 Å². The summed E-state index contributed by atoms with van der Waals surface area (Å²) in [5.74, 6) is 0. The van der Waals surface area contributed by atoms with E-state index >= 15 is 0 Å². The molecule has 18 heavy (non-hydrogen) atoms. The number of nitrogens with one attached hydrogen (secondary N) is 1. The van der Waals surface area contributed by atoms with E-state index in [0.29, 0.717) is 5.25 Å². The number of aromatic nitrogens is 1. The average molecular weight is 343 g/mol. The Labute approximate surface area is 124 Å². The van der Waals surface area contributed by atoms with Crippen molar-refractivity contribution in [3.63, 3.8) is 0 Å². The van der Waals surface area contributed by atoms with Crippen LogP contribution in [0.5, 0.6) is 0 Å². The van der Waals surface area contributed by atoms with Crippen molar-refractivity contribution in [1.82, 2.24) is 10.3 Å².